The van der Waals surface area contributed by atoms with Crippen LogP contribution in [-0.2, 0) is 4.84 Å². The van der Waals surface area contributed by atoms with E-state index in [0.29, 0.717) is 30.9 Å². The highest BCUT2D eigenvalue weighted by Crippen LogP contribution is 2.21. The van der Waals surface area contributed by atoms with Crippen LogP contribution in [0.2, 0.25) is 0 Å². The summed E-state index contributed by atoms with van der Waals surface area (Å²) < 4.78 is 0. The van der Waals surface area contributed by atoms with Crippen molar-refractivity contribution in [2.75, 3.05) is 24.8 Å². The van der Waals surface area contributed by atoms with Gasteiger partial charge >= 0.3 is 0 Å². The molecule has 1 fully saturated rings. The molecule has 3 aromatic rings. The number of hydrogen-bond donors (Lipinski definition) is 0. The normalized spacial score (nSPS) is 17.3. The van der Waals surface area contributed by atoms with Crippen molar-refractivity contribution >= 4 is 11.7 Å². The maximum absolute atomic E-state index is 13.5. The highest BCUT2D eigenvalue weighted by molar-refractivity contribution is 5.98. The molecule has 3 heterocycles. The lowest BCUT2D eigenvalue weighted by atomic mass is 10.1. The molecule has 1 saturated heterocycles. The monoisotopic (exact) mass is 392 g/mol. The Morgan fingerprint density at radius 1 is 1.07 bits per heavy atom. The van der Waals surface area contributed by atoms with Crippen LogP contribution in [0.5, 0.6) is 0 Å². The minimum Gasteiger partial charge on any atom is -0.332 e. The van der Waals surface area contributed by atoms with Crippen LogP contribution in [0.25, 0.3) is 5.69 Å². The van der Waals surface area contributed by atoms with E-state index in [4.69, 9.17) is 4.84 Å². The summed E-state index contributed by atoms with van der Waals surface area (Å²) in [5.41, 5.74) is 3.34. The van der Waals surface area contributed by atoms with E-state index in [1.807, 2.05) is 62.2 Å². The van der Waals surface area contributed by atoms with Gasteiger partial charge in [0, 0.05) is 12.7 Å². The third-order valence-corrected chi connectivity index (χ3v) is 4.98. The molecule has 0 unspecified atom stereocenters. The van der Waals surface area contributed by atoms with Crippen molar-refractivity contribution in [1.82, 2.24) is 24.9 Å². The molecule has 0 N–H and O–H groups in total. The average molecular weight is 392 g/mol. The van der Waals surface area contributed by atoms with Crippen LogP contribution in [-0.4, -0.2) is 56.5 Å². The number of nitrogens with zero attached hydrogens (tertiary/aromatic N) is 6. The minimum atomic E-state index is -0.0862. The van der Waals surface area contributed by atoms with Gasteiger partial charge in [-0.05, 0) is 44.5 Å². The first-order valence-corrected chi connectivity index (χ1v) is 9.64. The second-order valence-corrected chi connectivity index (χ2v) is 7.28. The lowest BCUT2D eigenvalue weighted by molar-refractivity contribution is 0.0599. The van der Waals surface area contributed by atoms with Gasteiger partial charge in [0.2, 0.25) is 0 Å². The fraction of sp³-hybridized carbons (Fsp3) is 0.333. The molecule has 1 amide bonds. The first-order chi connectivity index (χ1) is 14.0. The lowest BCUT2D eigenvalue weighted by Gasteiger charge is -2.26. The van der Waals surface area contributed by atoms with Gasteiger partial charge in [-0.15, -0.1) is 0 Å². The fourth-order valence-corrected chi connectivity index (χ4v) is 3.35. The molecule has 1 aliphatic rings. The summed E-state index contributed by atoms with van der Waals surface area (Å²) in [4.78, 5) is 27.2. The summed E-state index contributed by atoms with van der Waals surface area (Å²) in [5, 5.41) is 10.1. The number of benzene rings is 1. The number of anilines is 1. The third kappa shape index (κ3) is 3.97. The van der Waals surface area contributed by atoms with E-state index in [2.05, 4.69) is 15.2 Å². The van der Waals surface area contributed by atoms with Gasteiger partial charge in [0.25, 0.3) is 5.91 Å². The highest BCUT2D eigenvalue weighted by atomic mass is 16.7. The zero-order chi connectivity index (χ0) is 20.4. The molecule has 4 rings (SSSR count). The fourth-order valence-electron chi connectivity index (χ4n) is 3.35. The van der Waals surface area contributed by atoms with Gasteiger partial charge in [0.05, 0.1) is 42.8 Å². The SMILES string of the molecule is Cc1ccc(N2CCN(C(=O)c3cc(C)ccc3-n3nccn3)[C@H](C)CO2)nc1. The molecule has 1 aromatic carbocycles. The molecule has 29 heavy (non-hydrogen) atoms. The molecular formula is C21H24N6O2. The largest absolute Gasteiger partial charge is 0.332 e. The number of pyridine rings is 1. The molecule has 0 bridgehead atoms. The smallest absolute Gasteiger partial charge is 0.256 e. The topological polar surface area (TPSA) is 76.4 Å². The van der Waals surface area contributed by atoms with Crippen molar-refractivity contribution in [3.05, 3.63) is 65.6 Å². The van der Waals surface area contributed by atoms with Crippen LogP contribution in [0.3, 0.4) is 0 Å². The Kier molecular flexibility index (Phi) is 5.26. The summed E-state index contributed by atoms with van der Waals surface area (Å²) in [6.45, 7) is 7.41. The molecule has 0 radical (unpaired) electrons. The van der Waals surface area contributed by atoms with E-state index in [1.165, 1.54) is 4.80 Å². The molecule has 2 aromatic heterocycles. The van der Waals surface area contributed by atoms with Crippen molar-refractivity contribution in [3.8, 4) is 5.69 Å². The van der Waals surface area contributed by atoms with Crippen LogP contribution in [0.1, 0.15) is 28.4 Å². The quantitative estimate of drug-likeness (QED) is 0.682. The van der Waals surface area contributed by atoms with Gasteiger partial charge in [0.1, 0.15) is 0 Å². The summed E-state index contributed by atoms with van der Waals surface area (Å²) in [5.74, 6) is 0.685. The Bertz CT molecular complexity index is 987. The second kappa shape index (κ2) is 8.00. The lowest BCUT2D eigenvalue weighted by Crippen LogP contribution is -2.41. The predicted octanol–water partition coefficient (Wildman–Crippen LogP) is 2.56. The van der Waals surface area contributed by atoms with Crippen LogP contribution < -0.4 is 5.06 Å². The maximum Gasteiger partial charge on any atom is 0.256 e. The molecular weight excluding hydrogens is 368 g/mol. The minimum absolute atomic E-state index is 0.0594. The van der Waals surface area contributed by atoms with Gasteiger partial charge < -0.3 is 4.90 Å². The Morgan fingerprint density at radius 2 is 1.83 bits per heavy atom. The zero-order valence-corrected chi connectivity index (χ0v) is 16.8. The third-order valence-electron chi connectivity index (χ3n) is 4.98. The highest BCUT2D eigenvalue weighted by Gasteiger charge is 2.29. The van der Waals surface area contributed by atoms with Crippen LogP contribution >= 0.6 is 0 Å². The predicted molar refractivity (Wildman–Crippen MR) is 109 cm³/mol. The summed E-state index contributed by atoms with van der Waals surface area (Å²) in [6.07, 6.45) is 5.01. The number of aromatic nitrogens is 4. The van der Waals surface area contributed by atoms with E-state index in [0.717, 1.165) is 16.9 Å². The summed E-state index contributed by atoms with van der Waals surface area (Å²) in [7, 11) is 0. The number of hydrogen-bond acceptors (Lipinski definition) is 6. The number of carbonyl (C=O) groups is 1. The van der Waals surface area contributed by atoms with Crippen LogP contribution in [0, 0.1) is 13.8 Å². The Labute approximate surface area is 169 Å². The molecule has 0 spiro atoms. The van der Waals surface area contributed by atoms with Crippen LogP contribution in [0.4, 0.5) is 5.82 Å². The molecule has 0 aliphatic carbocycles. The molecule has 0 saturated carbocycles. The maximum atomic E-state index is 13.5. The van der Waals surface area contributed by atoms with Crippen LogP contribution in [0.15, 0.2) is 48.9 Å². The Hall–Kier alpha value is -3.26. The second-order valence-electron chi connectivity index (χ2n) is 7.28. The van der Waals surface area contributed by atoms with Crippen molar-refractivity contribution in [2.45, 2.75) is 26.8 Å². The van der Waals surface area contributed by atoms with E-state index in [-0.39, 0.29) is 11.9 Å². The summed E-state index contributed by atoms with van der Waals surface area (Å²) in [6, 6.07) is 9.56. The van der Waals surface area contributed by atoms with Crippen molar-refractivity contribution < 1.29 is 9.63 Å². The van der Waals surface area contributed by atoms with Gasteiger partial charge in [-0.3, -0.25) is 9.63 Å². The molecule has 1 atom stereocenters. The van der Waals surface area contributed by atoms with E-state index in [1.54, 1.807) is 17.5 Å². The van der Waals surface area contributed by atoms with Crippen molar-refractivity contribution in [3.63, 3.8) is 0 Å². The first kappa shape index (κ1) is 19.1. The van der Waals surface area contributed by atoms with Gasteiger partial charge in [-0.2, -0.15) is 15.0 Å². The Morgan fingerprint density at radius 3 is 2.55 bits per heavy atom. The van der Waals surface area contributed by atoms with Gasteiger partial charge in [-0.25, -0.2) is 10.0 Å². The van der Waals surface area contributed by atoms with Gasteiger partial charge in [-0.1, -0.05) is 17.7 Å². The average Bonchev–Trinajstić information content (AvgIpc) is 3.18. The van der Waals surface area contributed by atoms with Crippen molar-refractivity contribution in [1.29, 1.82) is 0 Å². The zero-order valence-electron chi connectivity index (χ0n) is 16.8. The van der Waals surface area contributed by atoms with Gasteiger partial charge in [0.15, 0.2) is 5.82 Å². The van der Waals surface area contributed by atoms with E-state index < -0.39 is 0 Å². The Balaban J connectivity index is 1.59. The number of amides is 1. The molecule has 8 nitrogen and oxygen atoms in total. The number of carbonyl (C=O) groups excluding carboxylic acids is 1. The first-order valence-electron chi connectivity index (χ1n) is 9.64. The standard InChI is InChI=1S/C21H24N6O2/c1-15-4-6-19(27-23-8-9-24-27)18(12-15)21(28)25-10-11-26(29-14-17(25)3)20-7-5-16(2)13-22-20/h4-9,12-13,17H,10-11,14H2,1-3H3/t17-/m1/s1. The van der Waals surface area contributed by atoms with E-state index in [9.17, 15) is 4.79 Å². The van der Waals surface area contributed by atoms with E-state index >= 15 is 0 Å². The number of hydroxylamine groups is 1. The molecule has 1 aliphatic heterocycles. The number of rotatable bonds is 3. The molecule has 150 valence electrons. The van der Waals surface area contributed by atoms with Crippen molar-refractivity contribution in [2.24, 2.45) is 0 Å². The molecule has 8 heteroatoms. The summed E-state index contributed by atoms with van der Waals surface area (Å²) >= 11 is 0. The number of aryl methyl sites for hydroxylation is 2.